The fraction of sp³-hybridized carbons (Fsp3) is 0.261. The summed E-state index contributed by atoms with van der Waals surface area (Å²) < 4.78 is 1.57. The molecule has 0 spiro atoms. The number of aromatic nitrogens is 2. The number of fused-ring (bicyclic) bond motifs is 3. The van der Waals surface area contributed by atoms with Gasteiger partial charge >= 0.3 is 0 Å². The minimum Gasteiger partial charge on any atom is -0.298 e. The van der Waals surface area contributed by atoms with Crippen LogP contribution in [0, 0.1) is 11.3 Å². The van der Waals surface area contributed by atoms with Crippen LogP contribution in [0.3, 0.4) is 0 Å². The molecule has 1 aliphatic heterocycles. The number of nitriles is 1. The van der Waals surface area contributed by atoms with Crippen LogP contribution in [0.4, 0.5) is 0 Å². The molecule has 0 saturated carbocycles. The van der Waals surface area contributed by atoms with E-state index in [1.807, 2.05) is 31.3 Å². The van der Waals surface area contributed by atoms with E-state index in [9.17, 15) is 10.1 Å². The molecule has 0 saturated heterocycles. The topological polar surface area (TPSA) is 61.9 Å². The highest BCUT2D eigenvalue weighted by molar-refractivity contribution is 5.99. The molecule has 0 unspecified atom stereocenters. The first-order valence-electron chi connectivity index (χ1n) is 9.49. The van der Waals surface area contributed by atoms with Gasteiger partial charge in [-0.15, -0.1) is 0 Å². The summed E-state index contributed by atoms with van der Waals surface area (Å²) in [6, 6.07) is 18.4. The Balaban J connectivity index is 1.57. The van der Waals surface area contributed by atoms with Crippen LogP contribution >= 0.6 is 0 Å². The van der Waals surface area contributed by atoms with Crippen LogP contribution < -0.4 is 0 Å². The fourth-order valence-corrected chi connectivity index (χ4v) is 3.78. The molecule has 2 aromatic carbocycles. The van der Waals surface area contributed by atoms with E-state index in [1.165, 1.54) is 11.1 Å². The summed E-state index contributed by atoms with van der Waals surface area (Å²) in [6.07, 6.45) is 2.63. The van der Waals surface area contributed by atoms with E-state index in [0.29, 0.717) is 12.4 Å². The summed E-state index contributed by atoms with van der Waals surface area (Å²) in [5.74, 6) is -0.132. The summed E-state index contributed by atoms with van der Waals surface area (Å²) in [7, 11) is 2.01. The van der Waals surface area contributed by atoms with Gasteiger partial charge in [-0.3, -0.25) is 14.3 Å². The molecule has 5 heteroatoms. The van der Waals surface area contributed by atoms with Crippen molar-refractivity contribution in [2.75, 3.05) is 13.6 Å². The smallest absolute Gasteiger partial charge is 0.256 e. The highest BCUT2D eigenvalue weighted by atomic mass is 16.2. The first-order chi connectivity index (χ1) is 13.6. The number of carbonyl (C=O) groups excluding carboxylic acids is 1. The SMILES string of the molecule is CCc1ccc(CN(C)CC2=CC(=O)n3c(nc4ccccc43)[C@H]2C#N)cc1. The number of hydrogen-bond acceptors (Lipinski definition) is 4. The van der Waals surface area contributed by atoms with Crippen LogP contribution in [0.5, 0.6) is 0 Å². The third-order valence-electron chi connectivity index (χ3n) is 5.21. The van der Waals surface area contributed by atoms with E-state index < -0.39 is 5.92 Å². The zero-order chi connectivity index (χ0) is 19.7. The number of imidazole rings is 1. The van der Waals surface area contributed by atoms with Crippen LogP contribution in [0.1, 0.15) is 34.6 Å². The molecule has 1 aromatic heterocycles. The number of hydrogen-bond donors (Lipinski definition) is 0. The molecule has 0 N–H and O–H groups in total. The van der Waals surface area contributed by atoms with Gasteiger partial charge in [-0.2, -0.15) is 5.26 Å². The molecule has 0 aliphatic carbocycles. The molecule has 2 heterocycles. The van der Waals surface area contributed by atoms with Crippen molar-refractivity contribution in [1.29, 1.82) is 5.26 Å². The number of carbonyl (C=O) groups is 1. The Morgan fingerprint density at radius 1 is 1.11 bits per heavy atom. The third-order valence-corrected chi connectivity index (χ3v) is 5.21. The molecule has 140 valence electrons. The van der Waals surface area contributed by atoms with E-state index in [0.717, 1.165) is 29.6 Å². The Labute approximate surface area is 164 Å². The minimum atomic E-state index is -0.519. The molecule has 0 radical (unpaired) electrons. The normalized spacial score (nSPS) is 16.1. The van der Waals surface area contributed by atoms with Crippen molar-refractivity contribution >= 4 is 16.9 Å². The van der Waals surface area contributed by atoms with E-state index in [1.54, 1.807) is 10.6 Å². The van der Waals surface area contributed by atoms with E-state index in [2.05, 4.69) is 47.1 Å². The Morgan fingerprint density at radius 2 is 1.82 bits per heavy atom. The van der Waals surface area contributed by atoms with Gasteiger partial charge in [0, 0.05) is 19.2 Å². The summed E-state index contributed by atoms with van der Waals surface area (Å²) in [6.45, 7) is 3.44. The highest BCUT2D eigenvalue weighted by Crippen LogP contribution is 2.31. The number of benzene rings is 2. The quantitative estimate of drug-likeness (QED) is 0.683. The molecule has 1 atom stereocenters. The second-order valence-electron chi connectivity index (χ2n) is 7.26. The number of allylic oxidation sites excluding steroid dienone is 1. The monoisotopic (exact) mass is 370 g/mol. The average Bonchev–Trinajstić information content (AvgIpc) is 3.08. The Kier molecular flexibility index (Phi) is 4.81. The predicted octanol–water partition coefficient (Wildman–Crippen LogP) is 3.92. The van der Waals surface area contributed by atoms with Gasteiger partial charge in [-0.1, -0.05) is 43.3 Å². The standard InChI is InChI=1S/C23H22N4O/c1-3-16-8-10-17(11-9-16)14-26(2)15-18-12-22(28)27-21-7-5-4-6-20(21)25-23(27)19(18)13-24/h4-12,19H,3,14-15H2,1-2H3/t19-/m0/s1. The van der Waals surface area contributed by atoms with Crippen molar-refractivity contribution in [1.82, 2.24) is 14.5 Å². The third kappa shape index (κ3) is 3.23. The van der Waals surface area contributed by atoms with Gasteiger partial charge in [-0.05, 0) is 42.3 Å². The van der Waals surface area contributed by atoms with Crippen molar-refractivity contribution < 1.29 is 4.79 Å². The Morgan fingerprint density at radius 3 is 2.54 bits per heavy atom. The van der Waals surface area contributed by atoms with Crippen molar-refractivity contribution in [3.8, 4) is 6.07 Å². The average molecular weight is 370 g/mol. The second-order valence-corrected chi connectivity index (χ2v) is 7.26. The Hall–Kier alpha value is -3.23. The maximum Gasteiger partial charge on any atom is 0.256 e. The molecule has 28 heavy (non-hydrogen) atoms. The predicted molar refractivity (Wildman–Crippen MR) is 109 cm³/mol. The van der Waals surface area contributed by atoms with Gasteiger partial charge in [0.1, 0.15) is 11.7 Å². The fourth-order valence-electron chi connectivity index (χ4n) is 3.78. The maximum atomic E-state index is 12.8. The second kappa shape index (κ2) is 7.41. The molecular formula is C23H22N4O. The largest absolute Gasteiger partial charge is 0.298 e. The number of likely N-dealkylation sites (N-methyl/N-ethyl adjacent to an activating group) is 1. The van der Waals surface area contributed by atoms with Crippen molar-refractivity contribution in [3.63, 3.8) is 0 Å². The zero-order valence-electron chi connectivity index (χ0n) is 16.1. The zero-order valence-corrected chi connectivity index (χ0v) is 16.1. The van der Waals surface area contributed by atoms with Crippen LogP contribution in [0.25, 0.3) is 11.0 Å². The van der Waals surface area contributed by atoms with E-state index >= 15 is 0 Å². The van der Waals surface area contributed by atoms with Crippen molar-refractivity contribution in [3.05, 3.63) is 77.1 Å². The summed E-state index contributed by atoms with van der Waals surface area (Å²) in [5, 5.41) is 9.81. The molecule has 4 rings (SSSR count). The summed E-state index contributed by atoms with van der Waals surface area (Å²) in [4.78, 5) is 19.5. The van der Waals surface area contributed by atoms with Gasteiger partial charge in [0.15, 0.2) is 0 Å². The molecular weight excluding hydrogens is 348 g/mol. The lowest BCUT2D eigenvalue weighted by atomic mass is 9.95. The lowest BCUT2D eigenvalue weighted by Gasteiger charge is -2.24. The van der Waals surface area contributed by atoms with E-state index in [-0.39, 0.29) is 5.91 Å². The van der Waals surface area contributed by atoms with Gasteiger partial charge in [0.2, 0.25) is 0 Å². The summed E-state index contributed by atoms with van der Waals surface area (Å²) >= 11 is 0. The van der Waals surface area contributed by atoms with Crippen LogP contribution in [0.2, 0.25) is 0 Å². The first-order valence-corrected chi connectivity index (χ1v) is 9.49. The molecule has 3 aromatic rings. The molecule has 5 nitrogen and oxygen atoms in total. The number of nitrogens with zero attached hydrogens (tertiary/aromatic N) is 4. The lowest BCUT2D eigenvalue weighted by molar-refractivity contribution is 0.0963. The van der Waals surface area contributed by atoms with Crippen molar-refractivity contribution in [2.45, 2.75) is 25.8 Å². The van der Waals surface area contributed by atoms with Crippen LogP contribution in [-0.4, -0.2) is 34.0 Å². The molecule has 0 fully saturated rings. The van der Waals surface area contributed by atoms with E-state index in [4.69, 9.17) is 0 Å². The highest BCUT2D eigenvalue weighted by Gasteiger charge is 2.31. The number of aryl methyl sites for hydroxylation is 1. The van der Waals surface area contributed by atoms with Crippen LogP contribution in [0.15, 0.2) is 60.2 Å². The number of para-hydroxylation sites is 2. The Bertz CT molecular complexity index is 1100. The maximum absolute atomic E-state index is 12.8. The molecule has 0 amide bonds. The van der Waals surface area contributed by atoms with Gasteiger partial charge < -0.3 is 0 Å². The number of rotatable bonds is 5. The molecule has 1 aliphatic rings. The summed E-state index contributed by atoms with van der Waals surface area (Å²) in [5.41, 5.74) is 4.81. The van der Waals surface area contributed by atoms with Gasteiger partial charge in [0.05, 0.1) is 17.1 Å². The van der Waals surface area contributed by atoms with Gasteiger partial charge in [0.25, 0.3) is 5.91 Å². The minimum absolute atomic E-state index is 0.133. The molecule has 0 bridgehead atoms. The first kappa shape index (κ1) is 18.1. The van der Waals surface area contributed by atoms with Crippen molar-refractivity contribution in [2.24, 2.45) is 0 Å². The lowest BCUT2D eigenvalue weighted by Crippen LogP contribution is -2.28. The van der Waals surface area contributed by atoms with Crippen LogP contribution in [-0.2, 0) is 13.0 Å². The van der Waals surface area contributed by atoms with Gasteiger partial charge in [-0.25, -0.2) is 4.98 Å².